The number of nitriles is 1. The van der Waals surface area contributed by atoms with Crippen LogP contribution in [0.4, 0.5) is 0 Å². The predicted molar refractivity (Wildman–Crippen MR) is 134 cm³/mol. The van der Waals surface area contributed by atoms with Crippen molar-refractivity contribution in [3.63, 3.8) is 0 Å². The van der Waals surface area contributed by atoms with Crippen LogP contribution in [0.3, 0.4) is 0 Å². The summed E-state index contributed by atoms with van der Waals surface area (Å²) in [6.45, 7) is 0.590. The van der Waals surface area contributed by atoms with E-state index in [1.165, 1.54) is 21.3 Å². The van der Waals surface area contributed by atoms with E-state index in [0.29, 0.717) is 35.1 Å². The number of benzene rings is 3. The van der Waals surface area contributed by atoms with Crippen molar-refractivity contribution in [2.24, 2.45) is 5.16 Å². The molecule has 0 amide bonds. The highest BCUT2D eigenvalue weighted by Crippen LogP contribution is 2.32. The van der Waals surface area contributed by atoms with Crippen molar-refractivity contribution in [2.75, 3.05) is 27.9 Å². The van der Waals surface area contributed by atoms with Crippen LogP contribution in [0.5, 0.6) is 17.2 Å². The van der Waals surface area contributed by atoms with Gasteiger partial charge in [-0.25, -0.2) is 0 Å². The van der Waals surface area contributed by atoms with Crippen molar-refractivity contribution in [1.82, 2.24) is 0 Å². The van der Waals surface area contributed by atoms with Crippen LogP contribution in [0.2, 0.25) is 0 Å². The quantitative estimate of drug-likeness (QED) is 0.204. The van der Waals surface area contributed by atoms with Gasteiger partial charge in [0.25, 0.3) is 0 Å². The summed E-state index contributed by atoms with van der Waals surface area (Å²) in [5.41, 5.74) is 3.16. The Kier molecular flexibility index (Phi) is 9.71. The molecule has 0 aromatic heterocycles. The maximum Gasteiger partial charge on any atom is 0.307 e. The molecule has 0 heterocycles. The molecule has 1 unspecified atom stereocenters. The molecule has 3 aromatic carbocycles. The lowest BCUT2D eigenvalue weighted by atomic mass is 9.96. The highest BCUT2D eigenvalue weighted by molar-refractivity contribution is 6.01. The SMILES string of the molecule is CON=C(COc1ccc(COc2ccc(C(C#N)CC(=O)OC)c(OC)c2)cc1)c1ccccc1. The Morgan fingerprint density at radius 1 is 0.944 bits per heavy atom. The number of nitrogens with zero attached hydrogens (tertiary/aromatic N) is 2. The van der Waals surface area contributed by atoms with E-state index < -0.39 is 11.9 Å². The molecule has 3 aromatic rings. The van der Waals surface area contributed by atoms with Gasteiger partial charge in [-0.05, 0) is 23.8 Å². The van der Waals surface area contributed by atoms with E-state index in [9.17, 15) is 10.1 Å². The maximum atomic E-state index is 11.6. The fourth-order valence-electron chi connectivity index (χ4n) is 3.45. The monoisotopic (exact) mass is 488 g/mol. The maximum absolute atomic E-state index is 11.6. The van der Waals surface area contributed by atoms with Gasteiger partial charge in [-0.2, -0.15) is 5.26 Å². The third-order valence-electron chi connectivity index (χ3n) is 5.35. The van der Waals surface area contributed by atoms with Crippen molar-refractivity contribution < 1.29 is 28.6 Å². The largest absolute Gasteiger partial charge is 0.496 e. The van der Waals surface area contributed by atoms with E-state index in [-0.39, 0.29) is 13.0 Å². The lowest BCUT2D eigenvalue weighted by Crippen LogP contribution is -2.13. The zero-order valence-electron chi connectivity index (χ0n) is 20.5. The summed E-state index contributed by atoms with van der Waals surface area (Å²) in [5, 5.41) is 13.5. The topological polar surface area (TPSA) is 99.4 Å². The van der Waals surface area contributed by atoms with Crippen molar-refractivity contribution in [2.45, 2.75) is 18.9 Å². The molecule has 0 aliphatic rings. The third kappa shape index (κ3) is 7.24. The van der Waals surface area contributed by atoms with E-state index in [1.54, 1.807) is 18.2 Å². The van der Waals surface area contributed by atoms with Gasteiger partial charge in [-0.15, -0.1) is 0 Å². The van der Waals surface area contributed by atoms with Crippen molar-refractivity contribution in [1.29, 1.82) is 5.26 Å². The zero-order chi connectivity index (χ0) is 25.8. The molecular formula is C28H28N2O6. The van der Waals surface area contributed by atoms with Gasteiger partial charge < -0.3 is 23.8 Å². The third-order valence-corrected chi connectivity index (χ3v) is 5.35. The van der Waals surface area contributed by atoms with Gasteiger partial charge in [0.05, 0.1) is 32.6 Å². The summed E-state index contributed by atoms with van der Waals surface area (Å²) >= 11 is 0. The minimum Gasteiger partial charge on any atom is -0.496 e. The molecule has 186 valence electrons. The van der Waals surface area contributed by atoms with Crippen LogP contribution >= 0.6 is 0 Å². The number of carbonyl (C=O) groups is 1. The highest BCUT2D eigenvalue weighted by Gasteiger charge is 2.20. The summed E-state index contributed by atoms with van der Waals surface area (Å²) in [6.07, 6.45) is -0.0534. The Morgan fingerprint density at radius 3 is 2.31 bits per heavy atom. The van der Waals surface area contributed by atoms with Crippen molar-refractivity contribution in [3.8, 4) is 23.3 Å². The molecule has 0 saturated carbocycles. The summed E-state index contributed by atoms with van der Waals surface area (Å²) in [5.74, 6) is 0.606. The minimum atomic E-state index is -0.676. The number of hydrogen-bond acceptors (Lipinski definition) is 8. The lowest BCUT2D eigenvalue weighted by Gasteiger charge is -2.15. The van der Waals surface area contributed by atoms with Crippen LogP contribution in [-0.2, 0) is 21.0 Å². The van der Waals surface area contributed by atoms with Gasteiger partial charge in [-0.3, -0.25) is 4.79 Å². The molecule has 3 rings (SSSR count). The summed E-state index contributed by atoms with van der Waals surface area (Å²) in [7, 11) is 4.31. The van der Waals surface area contributed by atoms with E-state index in [2.05, 4.69) is 16.0 Å². The normalized spacial score (nSPS) is 11.7. The number of hydrogen-bond donors (Lipinski definition) is 0. The molecule has 36 heavy (non-hydrogen) atoms. The Morgan fingerprint density at radius 2 is 1.67 bits per heavy atom. The first-order chi connectivity index (χ1) is 17.6. The fourth-order valence-corrected chi connectivity index (χ4v) is 3.45. The molecule has 0 aliphatic carbocycles. The number of rotatable bonds is 12. The van der Waals surface area contributed by atoms with Gasteiger partial charge in [0, 0.05) is 17.2 Å². The van der Waals surface area contributed by atoms with Crippen LogP contribution in [0.1, 0.15) is 29.0 Å². The Bertz CT molecular complexity index is 1200. The molecule has 0 bridgehead atoms. The predicted octanol–water partition coefficient (Wildman–Crippen LogP) is 4.87. The molecule has 0 N–H and O–H groups in total. The number of carbonyl (C=O) groups excluding carboxylic acids is 1. The first-order valence-corrected chi connectivity index (χ1v) is 11.2. The van der Waals surface area contributed by atoms with Crippen molar-refractivity contribution in [3.05, 3.63) is 89.5 Å². The number of oxime groups is 1. The standard InChI is InChI=1S/C28H28N2O6/c1-32-27-16-24(13-14-25(27)22(17-29)15-28(31)33-2)35-18-20-9-11-23(12-10-20)36-19-26(30-34-3)21-7-5-4-6-8-21/h4-14,16,22H,15,18-19H2,1-3H3. The van der Waals surface area contributed by atoms with E-state index in [4.69, 9.17) is 19.0 Å². The fraction of sp³-hybridized carbons (Fsp3) is 0.250. The van der Waals surface area contributed by atoms with Crippen LogP contribution in [0.25, 0.3) is 0 Å². The first kappa shape index (κ1) is 26.1. The number of ether oxygens (including phenoxy) is 4. The minimum absolute atomic E-state index is 0.0534. The first-order valence-electron chi connectivity index (χ1n) is 11.2. The van der Waals surface area contributed by atoms with Gasteiger partial charge >= 0.3 is 5.97 Å². The lowest BCUT2D eigenvalue weighted by molar-refractivity contribution is -0.140. The van der Waals surface area contributed by atoms with Gasteiger partial charge in [0.15, 0.2) is 0 Å². The molecular weight excluding hydrogens is 460 g/mol. The molecule has 1 atom stereocenters. The Hall–Kier alpha value is -4.51. The van der Waals surface area contributed by atoms with Crippen molar-refractivity contribution >= 4 is 11.7 Å². The summed E-state index contributed by atoms with van der Waals surface area (Å²) in [6, 6.07) is 24.6. The second-order valence-electron chi connectivity index (χ2n) is 7.67. The Labute approximate surface area is 210 Å². The molecule has 0 fully saturated rings. The molecule has 8 nitrogen and oxygen atoms in total. The van der Waals surface area contributed by atoms with E-state index in [0.717, 1.165) is 11.1 Å². The Balaban J connectivity index is 1.59. The average molecular weight is 489 g/mol. The summed E-state index contributed by atoms with van der Waals surface area (Å²) in [4.78, 5) is 16.6. The van der Waals surface area contributed by atoms with E-state index in [1.807, 2.05) is 54.6 Å². The van der Waals surface area contributed by atoms with E-state index >= 15 is 0 Å². The number of methoxy groups -OCH3 is 2. The second-order valence-corrected chi connectivity index (χ2v) is 7.67. The van der Waals surface area contributed by atoms with Gasteiger partial charge in [-0.1, -0.05) is 53.7 Å². The van der Waals surface area contributed by atoms with Gasteiger partial charge in [0.2, 0.25) is 0 Å². The zero-order valence-corrected chi connectivity index (χ0v) is 20.5. The van der Waals surface area contributed by atoms with Gasteiger partial charge in [0.1, 0.15) is 43.3 Å². The smallest absolute Gasteiger partial charge is 0.307 e. The molecule has 8 heteroatoms. The van der Waals surface area contributed by atoms with Crippen LogP contribution in [0.15, 0.2) is 78.0 Å². The second kappa shape index (κ2) is 13.4. The molecule has 0 spiro atoms. The molecule has 0 radical (unpaired) electrons. The molecule has 0 aliphatic heterocycles. The van der Waals surface area contributed by atoms with Crippen LogP contribution < -0.4 is 14.2 Å². The highest BCUT2D eigenvalue weighted by atomic mass is 16.6. The van der Waals surface area contributed by atoms with Crippen LogP contribution in [-0.4, -0.2) is 39.6 Å². The summed E-state index contributed by atoms with van der Waals surface area (Å²) < 4.78 is 21.9. The average Bonchev–Trinajstić information content (AvgIpc) is 2.93. The molecule has 0 saturated heterocycles. The van der Waals surface area contributed by atoms with Crippen LogP contribution in [0, 0.1) is 11.3 Å². The number of esters is 1.